The number of benzene rings is 1. The van der Waals surface area contributed by atoms with Gasteiger partial charge in [0.05, 0.1) is 6.61 Å². The topological polar surface area (TPSA) is 49.8 Å². The first-order valence-corrected chi connectivity index (χ1v) is 6.84. The zero-order valence-electron chi connectivity index (χ0n) is 10.9. The zero-order chi connectivity index (χ0) is 13.8. The number of aliphatic hydroxyl groups is 1. The summed E-state index contributed by atoms with van der Waals surface area (Å²) >= 11 is 5.86. The van der Waals surface area contributed by atoms with Crippen molar-refractivity contribution in [2.45, 2.75) is 32.5 Å². The summed E-state index contributed by atoms with van der Waals surface area (Å²) in [6, 6.07) is 5.01. The van der Waals surface area contributed by atoms with Gasteiger partial charge in [0.2, 0.25) is 0 Å². The monoisotopic (exact) mass is 283 g/mol. The third kappa shape index (κ3) is 3.39. The number of amides is 1. The molecule has 1 N–H and O–H groups in total. The van der Waals surface area contributed by atoms with E-state index in [0.29, 0.717) is 16.3 Å². The molecule has 104 valence electrons. The molecule has 2 rings (SSSR count). The van der Waals surface area contributed by atoms with Crippen molar-refractivity contribution < 1.29 is 14.6 Å². The molecule has 1 aromatic rings. The number of carbonyl (C=O) groups is 1. The first-order valence-electron chi connectivity index (χ1n) is 6.46. The number of aliphatic hydroxyl groups excluding tert-OH is 1. The molecule has 1 fully saturated rings. The fourth-order valence-electron chi connectivity index (χ4n) is 2.22. The summed E-state index contributed by atoms with van der Waals surface area (Å²) in [7, 11) is 0. The van der Waals surface area contributed by atoms with Crippen LogP contribution in [0.1, 0.15) is 25.3 Å². The van der Waals surface area contributed by atoms with E-state index in [1.54, 1.807) is 25.1 Å². The Balaban J connectivity index is 2.05. The Morgan fingerprint density at radius 2 is 2.16 bits per heavy atom. The second-order valence-electron chi connectivity index (χ2n) is 4.70. The van der Waals surface area contributed by atoms with Crippen LogP contribution in [0, 0.1) is 0 Å². The second kappa shape index (κ2) is 6.26. The summed E-state index contributed by atoms with van der Waals surface area (Å²) in [5.41, 5.74) is 0.591. The van der Waals surface area contributed by atoms with E-state index in [1.165, 1.54) is 0 Å². The highest BCUT2D eigenvalue weighted by Gasteiger charge is 2.24. The number of nitrogens with zero attached hydrogens (tertiary/aromatic N) is 1. The van der Waals surface area contributed by atoms with Crippen LogP contribution in [0.4, 0.5) is 0 Å². The Morgan fingerprint density at radius 1 is 1.47 bits per heavy atom. The van der Waals surface area contributed by atoms with Gasteiger partial charge >= 0.3 is 0 Å². The highest BCUT2D eigenvalue weighted by Crippen LogP contribution is 2.24. The van der Waals surface area contributed by atoms with E-state index in [2.05, 4.69) is 0 Å². The van der Waals surface area contributed by atoms with Crippen LogP contribution in [0.2, 0.25) is 5.02 Å². The van der Waals surface area contributed by atoms with Crippen molar-refractivity contribution in [3.63, 3.8) is 0 Å². The highest BCUT2D eigenvalue weighted by molar-refractivity contribution is 6.30. The number of ether oxygens (including phenoxy) is 1. The smallest absolute Gasteiger partial charge is 0.263 e. The molecule has 0 bridgehead atoms. The minimum absolute atomic E-state index is 0.00339. The van der Waals surface area contributed by atoms with E-state index in [0.717, 1.165) is 25.9 Å². The minimum Gasteiger partial charge on any atom is -0.481 e. The Kier molecular flexibility index (Phi) is 4.66. The van der Waals surface area contributed by atoms with Crippen LogP contribution < -0.4 is 4.74 Å². The average molecular weight is 284 g/mol. The van der Waals surface area contributed by atoms with Crippen molar-refractivity contribution >= 4 is 17.5 Å². The molecule has 19 heavy (non-hydrogen) atoms. The molecule has 1 aliphatic rings. The van der Waals surface area contributed by atoms with Gasteiger partial charge in [-0.25, -0.2) is 0 Å². The molecule has 0 spiro atoms. The molecular formula is C14H18ClNO3. The molecule has 0 aliphatic carbocycles. The first-order chi connectivity index (χ1) is 9.11. The zero-order valence-corrected chi connectivity index (χ0v) is 11.7. The molecule has 5 heteroatoms. The van der Waals surface area contributed by atoms with Gasteiger partial charge in [0.25, 0.3) is 5.91 Å². The predicted molar refractivity (Wildman–Crippen MR) is 73.3 cm³/mol. The fraction of sp³-hybridized carbons (Fsp3) is 0.500. The Bertz CT molecular complexity index is 458. The molecule has 0 aromatic heterocycles. The van der Waals surface area contributed by atoms with Gasteiger partial charge < -0.3 is 14.7 Å². The fourth-order valence-corrected chi connectivity index (χ4v) is 2.42. The van der Waals surface area contributed by atoms with Crippen LogP contribution in [0.5, 0.6) is 5.75 Å². The molecule has 1 heterocycles. The number of halogens is 1. The molecule has 1 unspecified atom stereocenters. The SMILES string of the molecule is CC(Oc1ccc(Cl)cc1CO)C(=O)N1CCCC1. The lowest BCUT2D eigenvalue weighted by atomic mass is 10.2. The van der Waals surface area contributed by atoms with Crippen molar-refractivity contribution in [2.24, 2.45) is 0 Å². The summed E-state index contributed by atoms with van der Waals surface area (Å²) in [6.07, 6.45) is 1.56. The second-order valence-corrected chi connectivity index (χ2v) is 5.14. The summed E-state index contributed by atoms with van der Waals surface area (Å²) in [4.78, 5) is 13.9. The van der Waals surface area contributed by atoms with Crippen LogP contribution >= 0.6 is 11.6 Å². The first kappa shape index (κ1) is 14.2. The van der Waals surface area contributed by atoms with E-state index in [-0.39, 0.29) is 12.5 Å². The largest absolute Gasteiger partial charge is 0.481 e. The molecule has 1 saturated heterocycles. The van der Waals surface area contributed by atoms with Crippen molar-refractivity contribution in [1.29, 1.82) is 0 Å². The molecule has 1 amide bonds. The van der Waals surface area contributed by atoms with Crippen LogP contribution in [0.3, 0.4) is 0 Å². The minimum atomic E-state index is -0.551. The van der Waals surface area contributed by atoms with Gasteiger partial charge in [-0.15, -0.1) is 0 Å². The van der Waals surface area contributed by atoms with E-state index in [9.17, 15) is 9.90 Å². The van der Waals surface area contributed by atoms with Gasteiger partial charge in [-0.1, -0.05) is 11.6 Å². The average Bonchev–Trinajstić information content (AvgIpc) is 2.93. The normalized spacial score (nSPS) is 16.5. The van der Waals surface area contributed by atoms with Gasteiger partial charge in [-0.2, -0.15) is 0 Å². The maximum absolute atomic E-state index is 12.1. The van der Waals surface area contributed by atoms with E-state index < -0.39 is 6.10 Å². The standard InChI is InChI=1S/C14H18ClNO3/c1-10(14(18)16-6-2-3-7-16)19-13-5-4-12(15)8-11(13)9-17/h4-5,8,10,17H,2-3,6-7,9H2,1H3. The Labute approximate surface area is 117 Å². The number of rotatable bonds is 4. The molecule has 4 nitrogen and oxygen atoms in total. The third-order valence-electron chi connectivity index (χ3n) is 3.26. The van der Waals surface area contributed by atoms with Gasteiger partial charge in [0, 0.05) is 23.7 Å². The molecule has 1 aliphatic heterocycles. The van der Waals surface area contributed by atoms with Crippen LogP contribution in [0.15, 0.2) is 18.2 Å². The molecule has 0 saturated carbocycles. The summed E-state index contributed by atoms with van der Waals surface area (Å²) in [5.74, 6) is 0.503. The summed E-state index contributed by atoms with van der Waals surface area (Å²) in [6.45, 7) is 3.18. The van der Waals surface area contributed by atoms with Crippen molar-refractivity contribution in [3.8, 4) is 5.75 Å². The lowest BCUT2D eigenvalue weighted by Gasteiger charge is -2.22. The maximum Gasteiger partial charge on any atom is 0.263 e. The van der Waals surface area contributed by atoms with E-state index in [4.69, 9.17) is 16.3 Å². The van der Waals surface area contributed by atoms with E-state index >= 15 is 0 Å². The maximum atomic E-state index is 12.1. The molecular weight excluding hydrogens is 266 g/mol. The van der Waals surface area contributed by atoms with Crippen molar-refractivity contribution in [1.82, 2.24) is 4.90 Å². The van der Waals surface area contributed by atoms with Gasteiger partial charge in [-0.3, -0.25) is 4.79 Å². The molecule has 1 aromatic carbocycles. The lowest BCUT2D eigenvalue weighted by molar-refractivity contribution is -0.136. The van der Waals surface area contributed by atoms with Gasteiger partial charge in [0.1, 0.15) is 5.75 Å². The van der Waals surface area contributed by atoms with Crippen molar-refractivity contribution in [3.05, 3.63) is 28.8 Å². The molecule has 0 radical (unpaired) electrons. The lowest BCUT2D eigenvalue weighted by Crippen LogP contribution is -2.38. The number of carbonyl (C=O) groups excluding carboxylic acids is 1. The van der Waals surface area contributed by atoms with Gasteiger partial charge in [0.15, 0.2) is 6.10 Å². The third-order valence-corrected chi connectivity index (χ3v) is 3.50. The number of hydrogen-bond donors (Lipinski definition) is 1. The Morgan fingerprint density at radius 3 is 2.79 bits per heavy atom. The van der Waals surface area contributed by atoms with Gasteiger partial charge in [-0.05, 0) is 38.0 Å². The number of hydrogen-bond acceptors (Lipinski definition) is 3. The van der Waals surface area contributed by atoms with Crippen molar-refractivity contribution in [2.75, 3.05) is 13.1 Å². The van der Waals surface area contributed by atoms with Crippen LogP contribution in [-0.4, -0.2) is 35.1 Å². The van der Waals surface area contributed by atoms with Crippen LogP contribution in [-0.2, 0) is 11.4 Å². The summed E-state index contributed by atoms with van der Waals surface area (Å²) in [5, 5.41) is 9.81. The number of likely N-dealkylation sites (tertiary alicyclic amines) is 1. The Hall–Kier alpha value is -1.26. The van der Waals surface area contributed by atoms with E-state index in [1.807, 2.05) is 4.90 Å². The highest BCUT2D eigenvalue weighted by atomic mass is 35.5. The predicted octanol–water partition coefficient (Wildman–Crippen LogP) is 2.22. The quantitative estimate of drug-likeness (QED) is 0.922. The molecule has 1 atom stereocenters. The van der Waals surface area contributed by atoms with Crippen LogP contribution in [0.25, 0.3) is 0 Å². The summed E-state index contributed by atoms with van der Waals surface area (Å²) < 4.78 is 5.66.